The quantitative estimate of drug-likeness (QED) is 0.162. The minimum absolute atomic E-state index is 0.0356. The molecule has 0 radical (unpaired) electrons. The van der Waals surface area contributed by atoms with Crippen molar-refractivity contribution in [2.75, 3.05) is 20.8 Å². The monoisotopic (exact) mass is 704 g/mol. The molecular weight excluding hydrogens is 663 g/mol. The van der Waals surface area contributed by atoms with Crippen LogP contribution >= 0.6 is 23.2 Å². The molecule has 2 atom stereocenters. The van der Waals surface area contributed by atoms with Gasteiger partial charge in [0, 0.05) is 47.3 Å². The number of nitrogens with one attached hydrogen (secondary N) is 1. The molecule has 0 saturated carbocycles. The Morgan fingerprint density at radius 1 is 0.898 bits per heavy atom. The lowest BCUT2D eigenvalue weighted by atomic mass is 9.96. The molecule has 0 aliphatic carbocycles. The molecule has 2 aliphatic rings. The Labute approximate surface area is 297 Å². The second-order valence-electron chi connectivity index (χ2n) is 13.2. The number of rotatable bonds is 12. The van der Waals surface area contributed by atoms with Gasteiger partial charge in [0.1, 0.15) is 11.4 Å². The van der Waals surface area contributed by atoms with Crippen molar-refractivity contribution in [3.63, 3.8) is 0 Å². The molecule has 12 heteroatoms. The van der Waals surface area contributed by atoms with Gasteiger partial charge < -0.3 is 19.9 Å². The lowest BCUT2D eigenvalue weighted by Gasteiger charge is -2.33. The van der Waals surface area contributed by atoms with Crippen LogP contribution in [0.25, 0.3) is 33.6 Å². The van der Waals surface area contributed by atoms with Crippen LogP contribution in [0.3, 0.4) is 0 Å². The Morgan fingerprint density at radius 3 is 2.02 bits per heavy atom. The van der Waals surface area contributed by atoms with E-state index in [0.29, 0.717) is 69.4 Å². The van der Waals surface area contributed by atoms with Gasteiger partial charge >= 0.3 is 0 Å². The average Bonchev–Trinajstić information content (AvgIpc) is 3.74. The molecule has 1 unspecified atom stereocenters. The highest BCUT2D eigenvalue weighted by Crippen LogP contribution is 2.42. The zero-order valence-electron chi connectivity index (χ0n) is 28.3. The highest BCUT2D eigenvalue weighted by Gasteiger charge is 2.36. The van der Waals surface area contributed by atoms with E-state index in [4.69, 9.17) is 47.6 Å². The molecule has 2 aromatic carbocycles. The molecule has 10 nitrogen and oxygen atoms in total. The zero-order valence-corrected chi connectivity index (χ0v) is 29.8. The molecule has 2 N–H and O–H groups in total. The van der Waals surface area contributed by atoms with E-state index in [9.17, 15) is 9.90 Å². The summed E-state index contributed by atoms with van der Waals surface area (Å²) in [6.07, 6.45) is 9.28. The van der Waals surface area contributed by atoms with Crippen molar-refractivity contribution < 1.29 is 19.4 Å². The molecule has 2 saturated heterocycles. The SMILES string of the molecule is COc1nc(-c2cccc(-c3cccc(-c4cnc(CN5CCCC5C(C)(C)O)c(OC)n4)c3Cl)c2Cl)cnc1CCC[C@@H]1CCC(=O)N1. The van der Waals surface area contributed by atoms with Crippen molar-refractivity contribution in [2.45, 2.75) is 83.0 Å². The van der Waals surface area contributed by atoms with E-state index in [0.717, 1.165) is 55.5 Å². The summed E-state index contributed by atoms with van der Waals surface area (Å²) in [5.41, 5.74) is 4.66. The number of aromatic nitrogens is 4. The van der Waals surface area contributed by atoms with E-state index in [1.54, 1.807) is 26.6 Å². The molecule has 6 rings (SSSR count). The molecular formula is C37H42Cl2N6O4. The topological polar surface area (TPSA) is 123 Å². The van der Waals surface area contributed by atoms with E-state index >= 15 is 0 Å². The Hall–Kier alpha value is -3.83. The number of carbonyl (C=O) groups is 1. The van der Waals surface area contributed by atoms with Crippen LogP contribution in [0.5, 0.6) is 11.8 Å². The summed E-state index contributed by atoms with van der Waals surface area (Å²) in [4.78, 5) is 32.8. The van der Waals surface area contributed by atoms with Gasteiger partial charge in [0.25, 0.3) is 0 Å². The minimum atomic E-state index is -0.817. The van der Waals surface area contributed by atoms with Crippen molar-refractivity contribution in [2.24, 2.45) is 0 Å². The van der Waals surface area contributed by atoms with Gasteiger partial charge in [-0.1, -0.05) is 59.6 Å². The zero-order chi connectivity index (χ0) is 34.7. The van der Waals surface area contributed by atoms with Gasteiger partial charge in [0.05, 0.1) is 53.6 Å². The predicted octanol–water partition coefficient (Wildman–Crippen LogP) is 6.93. The van der Waals surface area contributed by atoms with E-state index in [1.807, 2.05) is 50.2 Å². The Morgan fingerprint density at radius 2 is 1.47 bits per heavy atom. The van der Waals surface area contributed by atoms with Crippen molar-refractivity contribution in [1.29, 1.82) is 0 Å². The first-order valence-electron chi connectivity index (χ1n) is 16.7. The summed E-state index contributed by atoms with van der Waals surface area (Å²) in [7, 11) is 3.17. The number of likely N-dealkylation sites (tertiary alicyclic amines) is 1. The Balaban J connectivity index is 1.24. The average molecular weight is 706 g/mol. The number of amides is 1. The fourth-order valence-electron chi connectivity index (χ4n) is 6.95. The number of ether oxygens (including phenoxy) is 2. The molecule has 49 heavy (non-hydrogen) atoms. The Bertz CT molecular complexity index is 1830. The molecule has 2 fully saturated rings. The van der Waals surface area contributed by atoms with E-state index < -0.39 is 5.60 Å². The third-order valence-corrected chi connectivity index (χ3v) is 10.2. The maximum Gasteiger partial charge on any atom is 0.237 e. The Kier molecular flexibility index (Phi) is 10.7. The van der Waals surface area contributed by atoms with Gasteiger partial charge in [-0.2, -0.15) is 0 Å². The first kappa shape index (κ1) is 35.0. The fourth-order valence-corrected chi connectivity index (χ4v) is 7.60. The highest BCUT2D eigenvalue weighted by atomic mass is 35.5. The van der Waals surface area contributed by atoms with Crippen LogP contribution in [0.4, 0.5) is 0 Å². The summed E-state index contributed by atoms with van der Waals surface area (Å²) in [6.45, 7) is 5.10. The number of hydrogen-bond donors (Lipinski definition) is 2. The molecule has 4 heterocycles. The third-order valence-electron chi connectivity index (χ3n) is 9.43. The van der Waals surface area contributed by atoms with Crippen LogP contribution < -0.4 is 14.8 Å². The minimum Gasteiger partial charge on any atom is -0.480 e. The van der Waals surface area contributed by atoms with E-state index in [1.165, 1.54) is 0 Å². The molecule has 0 spiro atoms. The number of halogens is 2. The van der Waals surface area contributed by atoms with Gasteiger partial charge in [-0.25, -0.2) is 9.97 Å². The number of hydrogen-bond acceptors (Lipinski definition) is 9. The second-order valence-corrected chi connectivity index (χ2v) is 14.0. The maximum atomic E-state index is 11.5. The third kappa shape index (κ3) is 7.67. The van der Waals surface area contributed by atoms with E-state index in [2.05, 4.69) is 15.2 Å². The molecule has 4 aromatic rings. The largest absolute Gasteiger partial charge is 0.480 e. The smallest absolute Gasteiger partial charge is 0.237 e. The first-order valence-corrected chi connectivity index (χ1v) is 17.5. The standard InChI is InChI=1S/C37H42Cl2N6O4/c1-37(2,47)31-15-8-18-45(31)21-30-36(49-4)44-29(20-41-30)26-13-7-11-24(34(26)39)23-10-6-12-25(33(23)38)28-19-40-27(35(43-28)48-3)14-5-9-22-16-17-32(46)42-22/h6-7,10-13,19-20,22,31,47H,5,8-9,14-18,21H2,1-4H3,(H,42,46)/t22-,31?/m1/s1. The van der Waals surface area contributed by atoms with Crippen molar-refractivity contribution in [3.8, 4) is 45.4 Å². The normalized spacial score (nSPS) is 18.1. The van der Waals surface area contributed by atoms with Crippen LogP contribution in [0.2, 0.25) is 10.0 Å². The highest BCUT2D eigenvalue weighted by molar-refractivity contribution is 6.39. The summed E-state index contributed by atoms with van der Waals surface area (Å²) >= 11 is 14.2. The van der Waals surface area contributed by atoms with Gasteiger partial charge in [-0.15, -0.1) is 0 Å². The number of benzene rings is 2. The van der Waals surface area contributed by atoms with Crippen LogP contribution in [-0.4, -0.2) is 74.3 Å². The maximum absolute atomic E-state index is 11.5. The van der Waals surface area contributed by atoms with E-state index in [-0.39, 0.29) is 18.0 Å². The molecule has 258 valence electrons. The van der Waals surface area contributed by atoms with Crippen LogP contribution in [0.15, 0.2) is 48.8 Å². The van der Waals surface area contributed by atoms with Crippen LogP contribution in [-0.2, 0) is 17.8 Å². The van der Waals surface area contributed by atoms with Gasteiger partial charge in [-0.05, 0) is 58.9 Å². The summed E-state index contributed by atoms with van der Waals surface area (Å²) in [5.74, 6) is 0.990. The number of methoxy groups -OCH3 is 2. The number of aryl methyl sites for hydroxylation is 1. The second kappa shape index (κ2) is 15.0. The molecule has 2 aliphatic heterocycles. The van der Waals surface area contributed by atoms with Gasteiger partial charge in [0.2, 0.25) is 17.7 Å². The lowest BCUT2D eigenvalue weighted by molar-refractivity contribution is -0.119. The van der Waals surface area contributed by atoms with Crippen molar-refractivity contribution in [3.05, 3.63) is 70.2 Å². The lowest BCUT2D eigenvalue weighted by Crippen LogP contribution is -2.45. The predicted molar refractivity (Wildman–Crippen MR) is 191 cm³/mol. The van der Waals surface area contributed by atoms with Crippen LogP contribution in [0.1, 0.15) is 63.8 Å². The van der Waals surface area contributed by atoms with Crippen molar-refractivity contribution >= 4 is 29.1 Å². The fraction of sp³-hybridized carbons (Fsp3) is 0.432. The molecule has 2 aromatic heterocycles. The number of nitrogens with zero attached hydrogens (tertiary/aromatic N) is 5. The number of carbonyl (C=O) groups excluding carboxylic acids is 1. The van der Waals surface area contributed by atoms with Gasteiger partial charge in [0.15, 0.2) is 0 Å². The first-order chi connectivity index (χ1) is 23.6. The molecule has 1 amide bonds. The summed E-state index contributed by atoms with van der Waals surface area (Å²) in [5, 5.41) is 14.7. The van der Waals surface area contributed by atoms with Crippen LogP contribution in [0, 0.1) is 0 Å². The van der Waals surface area contributed by atoms with Gasteiger partial charge in [-0.3, -0.25) is 19.7 Å². The summed E-state index contributed by atoms with van der Waals surface area (Å²) < 4.78 is 11.3. The number of aliphatic hydroxyl groups is 1. The molecule has 0 bridgehead atoms. The summed E-state index contributed by atoms with van der Waals surface area (Å²) in [6, 6.07) is 11.7. The van der Waals surface area contributed by atoms with Crippen molar-refractivity contribution in [1.82, 2.24) is 30.2 Å².